The molecule has 1 N–H and O–H groups in total. The number of nitrogens with zero attached hydrogens (tertiary/aromatic N) is 2. The Morgan fingerprint density at radius 2 is 2.04 bits per heavy atom. The highest BCUT2D eigenvalue weighted by molar-refractivity contribution is 6.35. The Labute approximate surface area is 152 Å². The molecule has 0 fully saturated rings. The van der Waals surface area contributed by atoms with Crippen LogP contribution >= 0.6 is 23.2 Å². The van der Waals surface area contributed by atoms with E-state index in [1.54, 1.807) is 32.0 Å². The highest BCUT2D eigenvalue weighted by Crippen LogP contribution is 2.54. The topological polar surface area (TPSA) is 73.4 Å². The average molecular weight is 367 g/mol. The van der Waals surface area contributed by atoms with Gasteiger partial charge in [0.05, 0.1) is 18.0 Å². The molecule has 0 saturated heterocycles. The van der Waals surface area contributed by atoms with Crippen molar-refractivity contribution in [2.24, 2.45) is 22.2 Å². The first-order chi connectivity index (χ1) is 11.2. The van der Waals surface area contributed by atoms with E-state index in [0.717, 1.165) is 0 Å². The Hall–Kier alpha value is -1.57. The number of carbonyl (C=O) groups is 1. The lowest BCUT2D eigenvalue weighted by molar-refractivity contribution is -0.156. The minimum atomic E-state index is -1.22. The molecule has 1 aliphatic heterocycles. The van der Waals surface area contributed by atoms with Gasteiger partial charge >= 0.3 is 5.97 Å². The molecule has 0 amide bonds. The summed E-state index contributed by atoms with van der Waals surface area (Å²) in [6.45, 7) is 7.27. The van der Waals surface area contributed by atoms with Gasteiger partial charge in [-0.1, -0.05) is 43.1 Å². The molecule has 0 aliphatic carbocycles. The molecule has 0 spiro atoms. The molecule has 0 aromatic heterocycles. The van der Waals surface area contributed by atoms with Crippen molar-refractivity contribution in [3.05, 3.63) is 33.8 Å². The van der Waals surface area contributed by atoms with E-state index in [9.17, 15) is 15.2 Å². The lowest BCUT2D eigenvalue weighted by atomic mass is 9.55. The molecule has 0 bridgehead atoms. The number of carboxylic acids is 1. The van der Waals surface area contributed by atoms with Gasteiger partial charge in [0.2, 0.25) is 0 Å². The zero-order chi connectivity index (χ0) is 18.2. The summed E-state index contributed by atoms with van der Waals surface area (Å²) in [6, 6.07) is 6.76. The number of rotatable bonds is 3. The SMILES string of the molecule is CC1=NC(C)C(C(=O)O)(C(C)C)C(c2ccc(Cl)cc2Cl)C1C#N. The van der Waals surface area contributed by atoms with Gasteiger partial charge in [0.1, 0.15) is 5.41 Å². The standard InChI is InChI=1S/C18H20Cl2N2O2/c1-9(2)18(17(23)24)11(4)22-10(3)14(8-21)16(18)13-6-5-12(19)7-15(13)20/h5-7,9,11,14,16H,1-4H3,(H,23,24). The minimum absolute atomic E-state index is 0.241. The summed E-state index contributed by atoms with van der Waals surface area (Å²) in [5, 5.41) is 20.7. The molecule has 1 aromatic rings. The fourth-order valence-electron chi connectivity index (χ4n) is 4.03. The molecule has 4 atom stereocenters. The zero-order valence-electron chi connectivity index (χ0n) is 14.0. The molecule has 0 saturated carbocycles. The Bertz CT molecular complexity index is 739. The fraction of sp³-hybridized carbons (Fsp3) is 0.500. The van der Waals surface area contributed by atoms with E-state index in [0.29, 0.717) is 21.3 Å². The maximum Gasteiger partial charge on any atom is 0.312 e. The van der Waals surface area contributed by atoms with E-state index in [1.807, 2.05) is 13.8 Å². The first-order valence-electron chi connectivity index (χ1n) is 7.80. The molecule has 4 unspecified atom stereocenters. The van der Waals surface area contributed by atoms with E-state index >= 15 is 0 Å². The van der Waals surface area contributed by atoms with E-state index in [-0.39, 0.29) is 5.92 Å². The number of halogens is 2. The number of nitriles is 1. The summed E-state index contributed by atoms with van der Waals surface area (Å²) in [5.41, 5.74) is 0.0422. The number of benzene rings is 1. The van der Waals surface area contributed by atoms with E-state index in [2.05, 4.69) is 11.1 Å². The van der Waals surface area contributed by atoms with Crippen molar-refractivity contribution < 1.29 is 9.90 Å². The van der Waals surface area contributed by atoms with Crippen molar-refractivity contribution in [3.63, 3.8) is 0 Å². The third-order valence-electron chi connectivity index (χ3n) is 5.15. The number of hydrogen-bond donors (Lipinski definition) is 1. The first-order valence-corrected chi connectivity index (χ1v) is 8.55. The van der Waals surface area contributed by atoms with Crippen molar-refractivity contribution in [1.82, 2.24) is 0 Å². The third-order valence-corrected chi connectivity index (χ3v) is 5.71. The Kier molecular flexibility index (Phi) is 5.27. The summed E-state index contributed by atoms with van der Waals surface area (Å²) >= 11 is 12.4. The molecule has 2 rings (SSSR count). The van der Waals surface area contributed by atoms with Crippen LogP contribution in [0.15, 0.2) is 23.2 Å². The highest BCUT2D eigenvalue weighted by atomic mass is 35.5. The van der Waals surface area contributed by atoms with Crippen LogP contribution in [0.3, 0.4) is 0 Å². The van der Waals surface area contributed by atoms with E-state index in [1.165, 1.54) is 0 Å². The Morgan fingerprint density at radius 3 is 2.50 bits per heavy atom. The number of carboxylic acid groups (broad SMARTS) is 1. The largest absolute Gasteiger partial charge is 0.481 e. The van der Waals surface area contributed by atoms with Crippen molar-refractivity contribution in [2.45, 2.75) is 39.7 Å². The summed E-state index contributed by atoms with van der Waals surface area (Å²) < 4.78 is 0. The van der Waals surface area contributed by atoms with Gasteiger partial charge in [0.25, 0.3) is 0 Å². The summed E-state index contributed by atoms with van der Waals surface area (Å²) in [5.74, 6) is -2.46. The van der Waals surface area contributed by atoms with Gasteiger partial charge in [-0.25, -0.2) is 0 Å². The molecule has 24 heavy (non-hydrogen) atoms. The van der Waals surface area contributed by atoms with Crippen molar-refractivity contribution in [1.29, 1.82) is 5.26 Å². The van der Waals surface area contributed by atoms with Crippen LogP contribution in [0.5, 0.6) is 0 Å². The van der Waals surface area contributed by atoms with Crippen LogP contribution in [-0.2, 0) is 4.79 Å². The molecule has 1 heterocycles. The normalized spacial score (nSPS) is 29.9. The van der Waals surface area contributed by atoms with Gasteiger partial charge in [-0.05, 0) is 37.5 Å². The molecular weight excluding hydrogens is 347 g/mol. The lowest BCUT2D eigenvalue weighted by Gasteiger charge is -2.48. The molecule has 1 aliphatic rings. The van der Waals surface area contributed by atoms with Crippen LogP contribution in [0.2, 0.25) is 10.0 Å². The van der Waals surface area contributed by atoms with Gasteiger partial charge in [0, 0.05) is 21.7 Å². The monoisotopic (exact) mass is 366 g/mol. The summed E-state index contributed by atoms with van der Waals surface area (Å²) in [4.78, 5) is 16.9. The lowest BCUT2D eigenvalue weighted by Crippen LogP contribution is -2.55. The van der Waals surface area contributed by atoms with Gasteiger partial charge in [-0.3, -0.25) is 9.79 Å². The number of hydrogen-bond acceptors (Lipinski definition) is 3. The van der Waals surface area contributed by atoms with E-state index in [4.69, 9.17) is 23.2 Å². The Balaban J connectivity index is 2.84. The predicted molar refractivity (Wildman–Crippen MR) is 95.8 cm³/mol. The van der Waals surface area contributed by atoms with Crippen LogP contribution in [0, 0.1) is 28.6 Å². The van der Waals surface area contributed by atoms with Gasteiger partial charge < -0.3 is 5.11 Å². The number of aliphatic imine (C=N–C) groups is 1. The molecule has 0 radical (unpaired) electrons. The van der Waals surface area contributed by atoms with Crippen LogP contribution in [-0.4, -0.2) is 22.8 Å². The van der Waals surface area contributed by atoms with Crippen LogP contribution in [0.4, 0.5) is 0 Å². The van der Waals surface area contributed by atoms with Crippen molar-refractivity contribution in [3.8, 4) is 6.07 Å². The first kappa shape index (κ1) is 18.8. The second-order valence-electron chi connectivity index (χ2n) is 6.59. The van der Waals surface area contributed by atoms with Crippen LogP contribution in [0.25, 0.3) is 0 Å². The molecule has 4 nitrogen and oxygen atoms in total. The average Bonchev–Trinajstić information content (AvgIpc) is 2.46. The molecular formula is C18H20Cl2N2O2. The molecule has 6 heteroatoms. The van der Waals surface area contributed by atoms with E-state index < -0.39 is 29.3 Å². The third kappa shape index (κ3) is 2.70. The predicted octanol–water partition coefficient (Wildman–Crippen LogP) is 4.81. The van der Waals surface area contributed by atoms with Crippen molar-refractivity contribution in [2.75, 3.05) is 0 Å². The van der Waals surface area contributed by atoms with Gasteiger partial charge in [-0.2, -0.15) is 5.26 Å². The van der Waals surface area contributed by atoms with Gasteiger partial charge in [0.15, 0.2) is 0 Å². The highest BCUT2D eigenvalue weighted by Gasteiger charge is 2.58. The maximum atomic E-state index is 12.4. The molecule has 128 valence electrons. The second-order valence-corrected chi connectivity index (χ2v) is 7.43. The van der Waals surface area contributed by atoms with Crippen molar-refractivity contribution >= 4 is 34.9 Å². The number of aliphatic carboxylic acids is 1. The summed E-state index contributed by atoms with van der Waals surface area (Å²) in [6.07, 6.45) is 0. The summed E-state index contributed by atoms with van der Waals surface area (Å²) in [7, 11) is 0. The van der Waals surface area contributed by atoms with Crippen LogP contribution in [0.1, 0.15) is 39.2 Å². The quantitative estimate of drug-likeness (QED) is 0.833. The zero-order valence-corrected chi connectivity index (χ0v) is 15.6. The fourth-order valence-corrected chi connectivity index (χ4v) is 4.55. The Morgan fingerprint density at radius 1 is 1.42 bits per heavy atom. The molecule has 1 aromatic carbocycles. The van der Waals surface area contributed by atoms with Crippen LogP contribution < -0.4 is 0 Å². The minimum Gasteiger partial charge on any atom is -0.481 e. The smallest absolute Gasteiger partial charge is 0.312 e. The maximum absolute atomic E-state index is 12.4. The second kappa shape index (κ2) is 6.74. The van der Waals surface area contributed by atoms with Gasteiger partial charge in [-0.15, -0.1) is 0 Å².